The van der Waals surface area contributed by atoms with Gasteiger partial charge in [-0.3, -0.25) is 0 Å². The summed E-state index contributed by atoms with van der Waals surface area (Å²) < 4.78 is 5.73. The van der Waals surface area contributed by atoms with Crippen molar-refractivity contribution in [3.63, 3.8) is 0 Å². The molecule has 3 N–H and O–H groups in total. The van der Waals surface area contributed by atoms with Crippen molar-refractivity contribution < 1.29 is 14.8 Å². The molecule has 4 nitrogen and oxygen atoms in total. The van der Waals surface area contributed by atoms with Crippen LogP contribution in [0.5, 0.6) is 5.75 Å². The fraction of sp³-hybridized carbons (Fsp3) is 0.400. The summed E-state index contributed by atoms with van der Waals surface area (Å²) in [5.41, 5.74) is 0.866. The molecule has 0 saturated heterocycles. The molecule has 0 unspecified atom stereocenters. The lowest BCUT2D eigenvalue weighted by Crippen LogP contribution is -2.44. The van der Waals surface area contributed by atoms with Gasteiger partial charge in [-0.1, -0.05) is 12.1 Å². The van der Waals surface area contributed by atoms with Crippen LogP contribution in [-0.2, 0) is 0 Å². The van der Waals surface area contributed by atoms with Crippen molar-refractivity contribution in [2.24, 2.45) is 0 Å². The Morgan fingerprint density at radius 3 is 2.80 bits per heavy atom. The molecule has 0 fully saturated rings. The maximum atomic E-state index is 9.20. The summed E-state index contributed by atoms with van der Waals surface area (Å²) >= 11 is 0. The number of fused-ring (bicyclic) bond motifs is 1. The fourth-order valence-electron chi connectivity index (χ4n) is 1.63. The normalized spacial score (nSPS) is 17.3. The van der Waals surface area contributed by atoms with E-state index in [0.717, 1.165) is 5.69 Å². The Balaban J connectivity index is 2.45. The van der Waals surface area contributed by atoms with Crippen LogP contribution in [-0.4, -0.2) is 29.3 Å². The maximum absolute atomic E-state index is 9.20. The van der Waals surface area contributed by atoms with E-state index in [1.165, 1.54) is 0 Å². The van der Waals surface area contributed by atoms with Crippen LogP contribution in [0.1, 0.15) is 13.8 Å². The van der Waals surface area contributed by atoms with E-state index in [2.05, 4.69) is 5.32 Å². The second kappa shape index (κ2) is 3.43. The van der Waals surface area contributed by atoms with Crippen molar-refractivity contribution in [1.29, 1.82) is 0 Å². The SMILES string of the molecule is CC1(C)CNc2cccc(B(O)O)c2O1. The summed E-state index contributed by atoms with van der Waals surface area (Å²) in [7, 11) is -1.50. The molecule has 1 aliphatic heterocycles. The van der Waals surface area contributed by atoms with Gasteiger partial charge >= 0.3 is 7.12 Å². The maximum Gasteiger partial charge on any atom is 0.492 e. The zero-order valence-electron chi connectivity index (χ0n) is 8.82. The standard InChI is InChI=1S/C10H14BNO3/c1-10(2)6-12-8-5-3-4-7(11(13)14)9(8)15-10/h3-5,12-14H,6H2,1-2H3. The summed E-state index contributed by atoms with van der Waals surface area (Å²) in [4.78, 5) is 0. The van der Waals surface area contributed by atoms with Crippen molar-refractivity contribution in [1.82, 2.24) is 0 Å². The average Bonchev–Trinajstić information content (AvgIpc) is 2.15. The molecule has 1 aromatic rings. The molecule has 1 aliphatic rings. The van der Waals surface area contributed by atoms with E-state index in [9.17, 15) is 10.0 Å². The summed E-state index contributed by atoms with van der Waals surface area (Å²) in [6.45, 7) is 4.60. The first-order valence-corrected chi connectivity index (χ1v) is 4.91. The molecule has 0 amide bonds. The monoisotopic (exact) mass is 207 g/mol. The molecule has 5 heteroatoms. The molecule has 0 aliphatic carbocycles. The van der Waals surface area contributed by atoms with Gasteiger partial charge in [0.25, 0.3) is 0 Å². The Hall–Kier alpha value is -1.20. The number of hydrogen-bond donors (Lipinski definition) is 3. The smallest absolute Gasteiger partial charge is 0.484 e. The fourth-order valence-corrected chi connectivity index (χ4v) is 1.63. The minimum atomic E-state index is -1.50. The molecule has 0 radical (unpaired) electrons. The van der Waals surface area contributed by atoms with Gasteiger partial charge in [-0.15, -0.1) is 0 Å². The van der Waals surface area contributed by atoms with Crippen LogP contribution >= 0.6 is 0 Å². The number of hydrogen-bond acceptors (Lipinski definition) is 4. The highest BCUT2D eigenvalue weighted by atomic mass is 16.5. The quantitative estimate of drug-likeness (QED) is 0.565. The third kappa shape index (κ3) is 1.93. The molecule has 0 atom stereocenters. The first-order valence-electron chi connectivity index (χ1n) is 4.91. The Morgan fingerprint density at radius 1 is 1.40 bits per heavy atom. The number of anilines is 1. The van der Waals surface area contributed by atoms with E-state index < -0.39 is 7.12 Å². The molecule has 2 rings (SSSR count). The third-order valence-corrected chi connectivity index (χ3v) is 2.41. The summed E-state index contributed by atoms with van der Waals surface area (Å²) in [5, 5.41) is 21.6. The zero-order chi connectivity index (χ0) is 11.1. The predicted octanol–water partition coefficient (Wildman–Crippen LogP) is -0.0507. The third-order valence-electron chi connectivity index (χ3n) is 2.41. The highest BCUT2D eigenvalue weighted by Gasteiger charge is 2.30. The number of ether oxygens (including phenoxy) is 1. The molecule has 1 aromatic carbocycles. The van der Waals surface area contributed by atoms with Crippen molar-refractivity contribution in [3.8, 4) is 5.75 Å². The van der Waals surface area contributed by atoms with Crippen LogP contribution in [0.4, 0.5) is 5.69 Å². The highest BCUT2D eigenvalue weighted by molar-refractivity contribution is 6.60. The van der Waals surface area contributed by atoms with Gasteiger partial charge in [0, 0.05) is 5.46 Å². The number of rotatable bonds is 1. The van der Waals surface area contributed by atoms with E-state index in [4.69, 9.17) is 4.74 Å². The number of para-hydroxylation sites is 1. The van der Waals surface area contributed by atoms with E-state index in [1.54, 1.807) is 12.1 Å². The molecule has 0 aromatic heterocycles. The first-order chi connectivity index (χ1) is 6.99. The minimum Gasteiger partial charge on any atom is -0.484 e. The Bertz CT molecular complexity index is 379. The second-order valence-electron chi connectivity index (χ2n) is 4.31. The van der Waals surface area contributed by atoms with Crippen molar-refractivity contribution >= 4 is 18.3 Å². The molecular formula is C10H14BNO3. The summed E-state index contributed by atoms with van der Waals surface area (Å²) in [5.74, 6) is 0.531. The van der Waals surface area contributed by atoms with Gasteiger partial charge in [0.05, 0.1) is 12.2 Å². The van der Waals surface area contributed by atoms with E-state index >= 15 is 0 Å². The van der Waals surface area contributed by atoms with Crippen LogP contribution in [0.2, 0.25) is 0 Å². The van der Waals surface area contributed by atoms with Gasteiger partial charge in [0.2, 0.25) is 0 Å². The van der Waals surface area contributed by atoms with Gasteiger partial charge in [0.15, 0.2) is 0 Å². The lowest BCUT2D eigenvalue weighted by Gasteiger charge is -2.34. The van der Waals surface area contributed by atoms with E-state index in [0.29, 0.717) is 17.8 Å². The Kier molecular flexibility index (Phi) is 2.36. The van der Waals surface area contributed by atoms with E-state index in [-0.39, 0.29) is 5.60 Å². The van der Waals surface area contributed by atoms with Crippen molar-refractivity contribution in [2.75, 3.05) is 11.9 Å². The number of nitrogens with one attached hydrogen (secondary N) is 1. The zero-order valence-corrected chi connectivity index (χ0v) is 8.82. The van der Waals surface area contributed by atoms with Gasteiger partial charge in [0.1, 0.15) is 11.4 Å². The van der Waals surface area contributed by atoms with Crippen LogP contribution in [0.25, 0.3) is 0 Å². The van der Waals surface area contributed by atoms with Gasteiger partial charge in [-0.2, -0.15) is 0 Å². The van der Waals surface area contributed by atoms with Crippen LogP contribution in [0.3, 0.4) is 0 Å². The lowest BCUT2D eigenvalue weighted by molar-refractivity contribution is 0.117. The Labute approximate surface area is 89.0 Å². The highest BCUT2D eigenvalue weighted by Crippen LogP contribution is 2.30. The Morgan fingerprint density at radius 2 is 2.13 bits per heavy atom. The van der Waals surface area contributed by atoms with Gasteiger partial charge in [-0.05, 0) is 19.9 Å². The average molecular weight is 207 g/mol. The molecule has 0 saturated carbocycles. The molecule has 0 bridgehead atoms. The van der Waals surface area contributed by atoms with Crippen LogP contribution in [0.15, 0.2) is 18.2 Å². The topological polar surface area (TPSA) is 61.7 Å². The predicted molar refractivity (Wildman–Crippen MR) is 59.5 cm³/mol. The van der Waals surface area contributed by atoms with Crippen LogP contribution in [0, 0.1) is 0 Å². The van der Waals surface area contributed by atoms with Crippen molar-refractivity contribution in [2.45, 2.75) is 19.4 Å². The van der Waals surface area contributed by atoms with Crippen molar-refractivity contribution in [3.05, 3.63) is 18.2 Å². The largest absolute Gasteiger partial charge is 0.492 e. The summed E-state index contributed by atoms with van der Waals surface area (Å²) in [6, 6.07) is 5.27. The number of benzene rings is 1. The molecule has 0 spiro atoms. The minimum absolute atomic E-state index is 0.335. The molecule has 15 heavy (non-hydrogen) atoms. The first kappa shape index (κ1) is 10.3. The molecular weight excluding hydrogens is 193 g/mol. The van der Waals surface area contributed by atoms with E-state index in [1.807, 2.05) is 19.9 Å². The van der Waals surface area contributed by atoms with Gasteiger partial charge < -0.3 is 20.1 Å². The van der Waals surface area contributed by atoms with Gasteiger partial charge in [-0.25, -0.2) is 0 Å². The lowest BCUT2D eigenvalue weighted by atomic mass is 9.79. The second-order valence-corrected chi connectivity index (χ2v) is 4.31. The van der Waals surface area contributed by atoms with Crippen LogP contribution < -0.4 is 15.5 Å². The summed E-state index contributed by atoms with van der Waals surface area (Å²) in [6.07, 6.45) is 0. The molecule has 80 valence electrons. The molecule has 1 heterocycles.